The van der Waals surface area contributed by atoms with Crippen molar-refractivity contribution in [3.63, 3.8) is 0 Å². The minimum atomic E-state index is -0.984. The average molecular weight is 166 g/mol. The van der Waals surface area contributed by atoms with Gasteiger partial charge in [-0.3, -0.25) is 4.79 Å². The molecule has 0 saturated carbocycles. The Bertz CT molecular complexity index is 127. The molecule has 3 nitrogen and oxygen atoms in total. The summed E-state index contributed by atoms with van der Waals surface area (Å²) in [5.41, 5.74) is 5.20. The topological polar surface area (TPSA) is 63.3 Å². The molecular weight excluding hydrogens is 154 g/mol. The Kier molecular flexibility index (Phi) is 6.40. The second kappa shape index (κ2) is 5.26. The molecule has 0 rings (SSSR count). The third kappa shape index (κ3) is 3.48. The molecule has 0 unspecified atom stereocenters. The number of halogens is 1. The molecule has 0 fully saturated rings. The molecule has 0 radical (unpaired) electrons. The van der Waals surface area contributed by atoms with Gasteiger partial charge in [-0.05, 0) is 5.92 Å². The molecule has 0 bridgehead atoms. The summed E-state index contributed by atoms with van der Waals surface area (Å²) in [4.78, 5) is 10.1. The van der Waals surface area contributed by atoms with Crippen LogP contribution in [0.25, 0.3) is 0 Å². The third-order valence-electron chi connectivity index (χ3n) is 1.22. The molecule has 0 aromatic rings. The number of aliphatic carboxylic acids is 1. The summed E-state index contributed by atoms with van der Waals surface area (Å²) < 4.78 is 0. The predicted octanol–water partition coefficient (Wildman–Crippen LogP) is 0.642. The van der Waals surface area contributed by atoms with Crippen molar-refractivity contribution in [1.29, 1.82) is 0 Å². The maximum atomic E-state index is 10.1. The quantitative estimate of drug-likeness (QED) is 0.604. The highest BCUT2D eigenvalue weighted by molar-refractivity contribution is 5.85. The summed E-state index contributed by atoms with van der Waals surface area (Å²) in [5.74, 6) is -1.15. The van der Waals surface area contributed by atoms with Crippen LogP contribution in [0.15, 0.2) is 12.7 Å². The summed E-state index contributed by atoms with van der Waals surface area (Å²) >= 11 is 0. The van der Waals surface area contributed by atoms with Crippen LogP contribution >= 0.6 is 12.4 Å². The van der Waals surface area contributed by atoms with E-state index in [1.54, 1.807) is 6.92 Å². The van der Waals surface area contributed by atoms with Crippen LogP contribution in [0.2, 0.25) is 0 Å². The van der Waals surface area contributed by atoms with Gasteiger partial charge >= 0.3 is 5.97 Å². The SMILES string of the molecule is C=C[C@@H](C)[C@H](N)C(=O)O.Cl. The number of carboxylic acid groups (broad SMARTS) is 1. The Hall–Kier alpha value is -0.540. The summed E-state index contributed by atoms with van der Waals surface area (Å²) in [5, 5.41) is 8.31. The van der Waals surface area contributed by atoms with Crippen molar-refractivity contribution in [2.24, 2.45) is 11.7 Å². The van der Waals surface area contributed by atoms with E-state index in [-0.39, 0.29) is 18.3 Å². The van der Waals surface area contributed by atoms with Crippen LogP contribution in [0.1, 0.15) is 6.92 Å². The highest BCUT2D eigenvalue weighted by Crippen LogP contribution is 1.99. The molecule has 0 aliphatic carbocycles. The van der Waals surface area contributed by atoms with Gasteiger partial charge in [0.15, 0.2) is 0 Å². The van der Waals surface area contributed by atoms with Gasteiger partial charge in [-0.25, -0.2) is 0 Å². The minimum absolute atomic E-state index is 0. The summed E-state index contributed by atoms with van der Waals surface area (Å²) in [6.07, 6.45) is 1.53. The first-order valence-corrected chi connectivity index (χ1v) is 2.70. The van der Waals surface area contributed by atoms with E-state index in [1.165, 1.54) is 6.08 Å². The van der Waals surface area contributed by atoms with Gasteiger partial charge < -0.3 is 10.8 Å². The van der Waals surface area contributed by atoms with Crippen LogP contribution < -0.4 is 5.73 Å². The summed E-state index contributed by atoms with van der Waals surface area (Å²) in [7, 11) is 0. The van der Waals surface area contributed by atoms with Gasteiger partial charge in [-0.15, -0.1) is 19.0 Å². The largest absolute Gasteiger partial charge is 0.480 e. The first kappa shape index (κ1) is 12.2. The van der Waals surface area contributed by atoms with E-state index < -0.39 is 12.0 Å². The maximum Gasteiger partial charge on any atom is 0.321 e. The smallest absolute Gasteiger partial charge is 0.321 e. The van der Waals surface area contributed by atoms with Gasteiger partial charge in [0, 0.05) is 0 Å². The molecule has 0 aromatic carbocycles. The fourth-order valence-electron chi connectivity index (χ4n) is 0.372. The first-order chi connectivity index (χ1) is 4.09. The van der Waals surface area contributed by atoms with E-state index in [4.69, 9.17) is 10.8 Å². The fraction of sp³-hybridized carbons (Fsp3) is 0.500. The lowest BCUT2D eigenvalue weighted by Gasteiger charge is -2.09. The molecule has 10 heavy (non-hydrogen) atoms. The second-order valence-electron chi connectivity index (χ2n) is 1.96. The van der Waals surface area contributed by atoms with E-state index >= 15 is 0 Å². The van der Waals surface area contributed by atoms with Gasteiger partial charge in [-0.1, -0.05) is 13.0 Å². The van der Waals surface area contributed by atoms with Crippen LogP contribution in [0.5, 0.6) is 0 Å². The summed E-state index contributed by atoms with van der Waals surface area (Å²) in [6.45, 7) is 5.13. The lowest BCUT2D eigenvalue weighted by Crippen LogP contribution is -2.35. The van der Waals surface area contributed by atoms with Crippen LogP contribution in [-0.2, 0) is 4.79 Å². The maximum absolute atomic E-state index is 10.1. The Balaban J connectivity index is 0. The molecule has 0 saturated heterocycles. The molecule has 60 valence electrons. The molecule has 0 aliphatic heterocycles. The molecular formula is C6H12ClNO2. The third-order valence-corrected chi connectivity index (χ3v) is 1.22. The van der Waals surface area contributed by atoms with Crippen molar-refractivity contribution in [2.75, 3.05) is 0 Å². The zero-order valence-electron chi connectivity index (χ0n) is 5.78. The Morgan fingerprint density at radius 3 is 2.30 bits per heavy atom. The van der Waals surface area contributed by atoms with Crippen molar-refractivity contribution in [3.05, 3.63) is 12.7 Å². The van der Waals surface area contributed by atoms with E-state index in [0.29, 0.717) is 0 Å². The number of carbonyl (C=O) groups is 1. The fourth-order valence-corrected chi connectivity index (χ4v) is 0.372. The highest BCUT2D eigenvalue weighted by Gasteiger charge is 2.15. The predicted molar refractivity (Wildman–Crippen MR) is 42.2 cm³/mol. The zero-order chi connectivity index (χ0) is 7.44. The average Bonchev–Trinajstić information content (AvgIpc) is 1.84. The van der Waals surface area contributed by atoms with E-state index in [2.05, 4.69) is 6.58 Å². The number of hydrogen-bond acceptors (Lipinski definition) is 2. The number of nitrogens with two attached hydrogens (primary N) is 1. The Morgan fingerprint density at radius 2 is 2.20 bits per heavy atom. The van der Waals surface area contributed by atoms with E-state index in [1.807, 2.05) is 0 Å². The molecule has 0 heterocycles. The van der Waals surface area contributed by atoms with E-state index in [0.717, 1.165) is 0 Å². The molecule has 0 spiro atoms. The van der Waals surface area contributed by atoms with Crippen LogP contribution in [0, 0.1) is 5.92 Å². The second-order valence-corrected chi connectivity index (χ2v) is 1.96. The highest BCUT2D eigenvalue weighted by atomic mass is 35.5. The lowest BCUT2D eigenvalue weighted by molar-refractivity contribution is -0.139. The monoisotopic (exact) mass is 165 g/mol. The van der Waals surface area contributed by atoms with Gasteiger partial charge in [0.05, 0.1) is 0 Å². The van der Waals surface area contributed by atoms with Crippen molar-refractivity contribution >= 4 is 18.4 Å². The van der Waals surface area contributed by atoms with Crippen LogP contribution in [0.3, 0.4) is 0 Å². The molecule has 3 N–H and O–H groups in total. The summed E-state index contributed by atoms with van der Waals surface area (Å²) in [6, 6.07) is -0.817. The molecule has 0 aliphatic rings. The first-order valence-electron chi connectivity index (χ1n) is 2.70. The number of hydrogen-bond donors (Lipinski definition) is 2. The minimum Gasteiger partial charge on any atom is -0.480 e. The van der Waals surface area contributed by atoms with Crippen molar-refractivity contribution in [2.45, 2.75) is 13.0 Å². The molecule has 0 aromatic heterocycles. The van der Waals surface area contributed by atoms with Gasteiger partial charge in [0.25, 0.3) is 0 Å². The Morgan fingerprint density at radius 1 is 1.80 bits per heavy atom. The van der Waals surface area contributed by atoms with Gasteiger partial charge in [-0.2, -0.15) is 0 Å². The van der Waals surface area contributed by atoms with Gasteiger partial charge in [0.1, 0.15) is 6.04 Å². The molecule has 4 heteroatoms. The lowest BCUT2D eigenvalue weighted by atomic mass is 10.0. The standard InChI is InChI=1S/C6H11NO2.ClH/c1-3-4(2)5(7)6(8)9;/h3-5H,1,7H2,2H3,(H,8,9);1H/t4-,5+;/m1./s1. The Labute approximate surface area is 66.3 Å². The van der Waals surface area contributed by atoms with Gasteiger partial charge in [0.2, 0.25) is 0 Å². The number of rotatable bonds is 3. The van der Waals surface area contributed by atoms with Crippen molar-refractivity contribution in [1.82, 2.24) is 0 Å². The number of carboxylic acids is 1. The zero-order valence-corrected chi connectivity index (χ0v) is 6.60. The van der Waals surface area contributed by atoms with Crippen molar-refractivity contribution in [3.8, 4) is 0 Å². The van der Waals surface area contributed by atoms with Crippen molar-refractivity contribution < 1.29 is 9.90 Å². The molecule has 0 amide bonds. The van der Waals surface area contributed by atoms with Crippen LogP contribution in [-0.4, -0.2) is 17.1 Å². The normalized spacial score (nSPS) is 14.6. The van der Waals surface area contributed by atoms with Crippen LogP contribution in [0.4, 0.5) is 0 Å². The molecule has 2 atom stereocenters. The van der Waals surface area contributed by atoms with E-state index in [9.17, 15) is 4.79 Å².